The summed E-state index contributed by atoms with van der Waals surface area (Å²) in [6, 6.07) is 1.18. The van der Waals surface area contributed by atoms with Crippen LogP contribution in [0, 0.1) is 0 Å². The third-order valence-corrected chi connectivity index (χ3v) is 5.24. The second kappa shape index (κ2) is 6.71. The lowest BCUT2D eigenvalue weighted by Gasteiger charge is -2.29. The lowest BCUT2D eigenvalue weighted by Crippen LogP contribution is -2.43. The van der Waals surface area contributed by atoms with Crippen molar-refractivity contribution in [1.82, 2.24) is 14.2 Å². The number of halogens is 1. The average molecular weight is 321 g/mol. The van der Waals surface area contributed by atoms with Gasteiger partial charge in [0.05, 0.1) is 5.02 Å². The Labute approximate surface area is 125 Å². The number of hydrogen-bond donors (Lipinski definition) is 1. The largest absolute Gasteiger partial charge is 0.382 e. The molecular formula is C12H21ClN4O2S. The first-order valence-corrected chi connectivity index (χ1v) is 8.09. The zero-order valence-electron chi connectivity index (χ0n) is 12.2. The fourth-order valence-corrected chi connectivity index (χ4v) is 3.88. The molecule has 8 heteroatoms. The van der Waals surface area contributed by atoms with Gasteiger partial charge < -0.3 is 10.6 Å². The van der Waals surface area contributed by atoms with Gasteiger partial charge in [-0.2, -0.15) is 4.31 Å². The molecule has 1 unspecified atom stereocenters. The summed E-state index contributed by atoms with van der Waals surface area (Å²) in [4.78, 5) is 5.81. The SMILES string of the molecule is CCN(C(C)CN(C)C)S(=O)(=O)c1cnc(N)c(Cl)c1. The molecule has 1 rings (SSSR count). The minimum absolute atomic E-state index is 0.0594. The van der Waals surface area contributed by atoms with E-state index in [1.807, 2.05) is 25.9 Å². The predicted molar refractivity (Wildman–Crippen MR) is 81.2 cm³/mol. The van der Waals surface area contributed by atoms with E-state index in [1.54, 1.807) is 6.92 Å². The number of rotatable bonds is 6. The first-order valence-electron chi connectivity index (χ1n) is 6.27. The van der Waals surface area contributed by atoms with E-state index in [2.05, 4.69) is 4.98 Å². The number of aromatic nitrogens is 1. The van der Waals surface area contributed by atoms with Gasteiger partial charge >= 0.3 is 0 Å². The number of hydrogen-bond acceptors (Lipinski definition) is 5. The van der Waals surface area contributed by atoms with Crippen molar-refractivity contribution in [1.29, 1.82) is 0 Å². The second-order valence-electron chi connectivity index (χ2n) is 4.86. The van der Waals surface area contributed by atoms with Gasteiger partial charge in [0, 0.05) is 25.3 Å². The number of anilines is 1. The zero-order valence-corrected chi connectivity index (χ0v) is 13.7. The van der Waals surface area contributed by atoms with Crippen molar-refractivity contribution in [3.63, 3.8) is 0 Å². The smallest absolute Gasteiger partial charge is 0.244 e. The van der Waals surface area contributed by atoms with Gasteiger partial charge in [-0.1, -0.05) is 18.5 Å². The van der Waals surface area contributed by atoms with Crippen LogP contribution in [0.15, 0.2) is 17.2 Å². The van der Waals surface area contributed by atoms with Gasteiger partial charge in [-0.3, -0.25) is 0 Å². The van der Waals surface area contributed by atoms with Crippen LogP contribution < -0.4 is 5.73 Å². The van der Waals surface area contributed by atoms with E-state index in [-0.39, 0.29) is 21.8 Å². The number of likely N-dealkylation sites (N-methyl/N-ethyl adjacent to an activating group) is 2. The molecule has 1 atom stereocenters. The van der Waals surface area contributed by atoms with Crippen LogP contribution in [0.1, 0.15) is 13.8 Å². The third-order valence-electron chi connectivity index (χ3n) is 2.88. The summed E-state index contributed by atoms with van der Waals surface area (Å²) in [5.41, 5.74) is 5.51. The molecule has 0 radical (unpaired) electrons. The Morgan fingerprint density at radius 3 is 2.50 bits per heavy atom. The minimum Gasteiger partial charge on any atom is -0.382 e. The Morgan fingerprint density at radius 2 is 2.05 bits per heavy atom. The van der Waals surface area contributed by atoms with E-state index in [0.717, 1.165) is 0 Å². The molecule has 1 aromatic rings. The van der Waals surface area contributed by atoms with Crippen LogP contribution in [0.3, 0.4) is 0 Å². The monoisotopic (exact) mass is 320 g/mol. The van der Waals surface area contributed by atoms with Crippen LogP contribution in [0.2, 0.25) is 5.02 Å². The van der Waals surface area contributed by atoms with Crippen molar-refractivity contribution in [3.8, 4) is 0 Å². The molecular weight excluding hydrogens is 300 g/mol. The van der Waals surface area contributed by atoms with Gasteiger partial charge in [0.2, 0.25) is 10.0 Å². The fraction of sp³-hybridized carbons (Fsp3) is 0.583. The summed E-state index contributed by atoms with van der Waals surface area (Å²) < 4.78 is 26.7. The molecule has 1 aromatic heterocycles. The van der Waals surface area contributed by atoms with Crippen molar-refractivity contribution in [2.45, 2.75) is 24.8 Å². The van der Waals surface area contributed by atoms with Crippen LogP contribution in [0.25, 0.3) is 0 Å². The highest BCUT2D eigenvalue weighted by Crippen LogP contribution is 2.23. The summed E-state index contributed by atoms with van der Waals surface area (Å²) in [6.07, 6.45) is 1.24. The van der Waals surface area contributed by atoms with Gasteiger partial charge in [-0.05, 0) is 27.1 Å². The molecule has 0 saturated heterocycles. The average Bonchev–Trinajstić information content (AvgIpc) is 2.31. The van der Waals surface area contributed by atoms with Gasteiger partial charge in [0.25, 0.3) is 0 Å². The Kier molecular flexibility index (Phi) is 5.76. The number of nitrogen functional groups attached to an aromatic ring is 1. The summed E-state index contributed by atoms with van der Waals surface area (Å²) >= 11 is 5.85. The Bertz CT molecular complexity index is 563. The molecule has 2 N–H and O–H groups in total. The van der Waals surface area contributed by atoms with Crippen molar-refractivity contribution in [2.75, 3.05) is 32.9 Å². The summed E-state index contributed by atoms with van der Waals surface area (Å²) in [5.74, 6) is 0.120. The van der Waals surface area contributed by atoms with E-state index in [9.17, 15) is 8.42 Å². The number of pyridine rings is 1. The zero-order chi connectivity index (χ0) is 15.5. The Balaban J connectivity index is 3.14. The van der Waals surface area contributed by atoms with Crippen molar-refractivity contribution in [2.24, 2.45) is 0 Å². The van der Waals surface area contributed by atoms with Crippen molar-refractivity contribution < 1.29 is 8.42 Å². The van der Waals surface area contributed by atoms with E-state index >= 15 is 0 Å². The van der Waals surface area contributed by atoms with Crippen molar-refractivity contribution >= 4 is 27.4 Å². The van der Waals surface area contributed by atoms with Crippen LogP contribution in [-0.2, 0) is 10.0 Å². The topological polar surface area (TPSA) is 79.5 Å². The van der Waals surface area contributed by atoms with E-state index in [1.165, 1.54) is 16.6 Å². The third kappa shape index (κ3) is 3.82. The standard InChI is InChI=1S/C12H21ClN4O2S/c1-5-17(9(2)8-16(3)4)20(18,19)10-6-11(13)12(14)15-7-10/h6-7,9H,5,8H2,1-4H3,(H2,14,15). The Morgan fingerprint density at radius 1 is 1.45 bits per heavy atom. The molecule has 0 saturated carbocycles. The predicted octanol–water partition coefficient (Wildman–Crippen LogP) is 1.28. The van der Waals surface area contributed by atoms with Crippen LogP contribution in [0.5, 0.6) is 0 Å². The maximum absolute atomic E-state index is 12.6. The maximum Gasteiger partial charge on any atom is 0.244 e. The molecule has 1 heterocycles. The molecule has 0 amide bonds. The highest BCUT2D eigenvalue weighted by Gasteiger charge is 2.28. The molecule has 0 aliphatic carbocycles. The maximum atomic E-state index is 12.6. The summed E-state index contributed by atoms with van der Waals surface area (Å²) in [7, 11) is 0.172. The number of nitrogens with two attached hydrogens (primary N) is 1. The molecule has 0 bridgehead atoms. The highest BCUT2D eigenvalue weighted by molar-refractivity contribution is 7.89. The van der Waals surface area contributed by atoms with Gasteiger partial charge in [-0.25, -0.2) is 13.4 Å². The molecule has 0 aliphatic rings. The lowest BCUT2D eigenvalue weighted by molar-refractivity contribution is 0.271. The molecule has 0 aromatic carbocycles. The van der Waals surface area contributed by atoms with Gasteiger partial charge in [0.15, 0.2) is 0 Å². The van der Waals surface area contributed by atoms with Crippen LogP contribution >= 0.6 is 11.6 Å². The number of sulfonamides is 1. The molecule has 0 aliphatic heterocycles. The molecule has 0 spiro atoms. The van der Waals surface area contributed by atoms with Gasteiger partial charge in [-0.15, -0.1) is 0 Å². The Hall–Kier alpha value is -0.890. The van der Waals surface area contributed by atoms with Crippen LogP contribution in [-0.4, -0.2) is 55.8 Å². The van der Waals surface area contributed by atoms with E-state index in [4.69, 9.17) is 17.3 Å². The molecule has 6 nitrogen and oxygen atoms in total. The molecule has 114 valence electrons. The second-order valence-corrected chi connectivity index (χ2v) is 7.16. The van der Waals surface area contributed by atoms with Gasteiger partial charge in [0.1, 0.15) is 10.7 Å². The first kappa shape index (κ1) is 17.2. The minimum atomic E-state index is -3.63. The normalized spacial score (nSPS) is 13.9. The summed E-state index contributed by atoms with van der Waals surface area (Å²) in [5, 5.41) is 0.141. The molecule has 0 fully saturated rings. The highest BCUT2D eigenvalue weighted by atomic mass is 35.5. The number of nitrogens with zero attached hydrogens (tertiary/aromatic N) is 3. The van der Waals surface area contributed by atoms with Crippen molar-refractivity contribution in [3.05, 3.63) is 17.3 Å². The lowest BCUT2D eigenvalue weighted by atomic mass is 10.3. The first-order chi connectivity index (χ1) is 9.20. The van der Waals surface area contributed by atoms with E-state index < -0.39 is 10.0 Å². The summed E-state index contributed by atoms with van der Waals surface area (Å²) in [6.45, 7) is 4.67. The van der Waals surface area contributed by atoms with E-state index in [0.29, 0.717) is 13.1 Å². The van der Waals surface area contributed by atoms with Crippen LogP contribution in [0.4, 0.5) is 5.82 Å². The fourth-order valence-electron chi connectivity index (χ4n) is 2.05. The molecule has 20 heavy (non-hydrogen) atoms. The quantitative estimate of drug-likeness (QED) is 0.854.